The molecule has 134 valence electrons. The van der Waals surface area contributed by atoms with E-state index in [2.05, 4.69) is 45.2 Å². The van der Waals surface area contributed by atoms with Gasteiger partial charge >= 0.3 is 11.9 Å². The zero-order valence-electron chi connectivity index (χ0n) is 14.5. The van der Waals surface area contributed by atoms with Crippen molar-refractivity contribution in [1.29, 1.82) is 0 Å². The van der Waals surface area contributed by atoms with Crippen molar-refractivity contribution in [3.05, 3.63) is 0 Å². The molecule has 0 radical (unpaired) electrons. The van der Waals surface area contributed by atoms with Crippen LogP contribution in [0, 0.1) is 0 Å². The maximum atomic E-state index is 11.3. The summed E-state index contributed by atoms with van der Waals surface area (Å²) in [5.74, 6) is -0.720. The van der Waals surface area contributed by atoms with Gasteiger partial charge in [-0.2, -0.15) is 0 Å². The van der Waals surface area contributed by atoms with Crippen molar-refractivity contribution in [3.63, 3.8) is 0 Å². The minimum atomic E-state index is -0.360. The number of esters is 2. The first-order valence-corrected chi connectivity index (χ1v) is 11.1. The predicted octanol–water partition coefficient (Wildman–Crippen LogP) is 2.08. The molecule has 0 unspecified atom stereocenters. The second-order valence-electron chi connectivity index (χ2n) is 4.55. The lowest BCUT2D eigenvalue weighted by molar-refractivity contribution is -0.150. The van der Waals surface area contributed by atoms with Crippen LogP contribution in [0.15, 0.2) is 0 Å². The van der Waals surface area contributed by atoms with E-state index in [9.17, 15) is 9.59 Å². The van der Waals surface area contributed by atoms with Crippen LogP contribution in [0.3, 0.4) is 0 Å². The van der Waals surface area contributed by atoms with Crippen molar-refractivity contribution in [1.82, 2.24) is 9.80 Å². The fourth-order valence-corrected chi connectivity index (χ4v) is 1.03. The smallest absolute Gasteiger partial charge is 0.306 e. The van der Waals surface area contributed by atoms with Crippen LogP contribution >= 0.6 is 45.2 Å². The van der Waals surface area contributed by atoms with Gasteiger partial charge in [0.15, 0.2) is 0 Å². The topological polar surface area (TPSA) is 59.1 Å². The Morgan fingerprint density at radius 3 is 1.23 bits per heavy atom. The lowest BCUT2D eigenvalue weighted by Gasteiger charge is -2.10. The van der Waals surface area contributed by atoms with Gasteiger partial charge in [0.1, 0.15) is 13.2 Å². The van der Waals surface area contributed by atoms with Crippen molar-refractivity contribution < 1.29 is 19.1 Å². The molecule has 22 heavy (non-hydrogen) atoms. The quantitative estimate of drug-likeness (QED) is 0.252. The SMILES string of the molecule is CI.CI.CN(C)CCOC(=O)CCC(=O)OCCN(C)C. The van der Waals surface area contributed by atoms with E-state index in [4.69, 9.17) is 9.47 Å². The van der Waals surface area contributed by atoms with E-state index in [1.54, 1.807) is 0 Å². The minimum absolute atomic E-state index is 0.0776. The number of carbonyl (C=O) groups is 2. The van der Waals surface area contributed by atoms with Crippen LogP contribution in [0.4, 0.5) is 0 Å². The average Bonchev–Trinajstić information content (AvgIpc) is 2.48. The molecule has 0 spiro atoms. The first-order chi connectivity index (χ1) is 10.4. The standard InChI is InChI=1S/C12H24N2O4.2CH3I/c1-13(2)7-9-17-11(15)5-6-12(16)18-10-8-14(3)4;2*1-2/h5-10H2,1-4H3;2*1H3. The van der Waals surface area contributed by atoms with Crippen LogP contribution in [0.2, 0.25) is 0 Å². The van der Waals surface area contributed by atoms with Crippen molar-refractivity contribution in [3.8, 4) is 0 Å². The third-order valence-electron chi connectivity index (χ3n) is 2.14. The van der Waals surface area contributed by atoms with Gasteiger partial charge in [-0.25, -0.2) is 0 Å². The second-order valence-corrected chi connectivity index (χ2v) is 4.55. The molecule has 8 heteroatoms. The number of halogens is 2. The third kappa shape index (κ3) is 25.3. The first kappa shape index (κ1) is 27.2. The summed E-state index contributed by atoms with van der Waals surface area (Å²) < 4.78 is 9.90. The Labute approximate surface area is 162 Å². The van der Waals surface area contributed by atoms with Gasteiger partial charge in [0.25, 0.3) is 0 Å². The Balaban J connectivity index is -0.000000826. The van der Waals surface area contributed by atoms with E-state index in [1.807, 2.05) is 47.9 Å². The monoisotopic (exact) mass is 544 g/mol. The van der Waals surface area contributed by atoms with Crippen molar-refractivity contribution in [2.75, 3.05) is 64.4 Å². The number of alkyl halides is 2. The summed E-state index contributed by atoms with van der Waals surface area (Å²) in [4.78, 5) is 30.3. The van der Waals surface area contributed by atoms with Gasteiger partial charge in [0.05, 0.1) is 12.8 Å². The molecule has 0 fully saturated rings. The van der Waals surface area contributed by atoms with E-state index in [0.29, 0.717) is 26.3 Å². The zero-order valence-corrected chi connectivity index (χ0v) is 18.8. The van der Waals surface area contributed by atoms with Gasteiger partial charge < -0.3 is 19.3 Å². The van der Waals surface area contributed by atoms with Gasteiger partial charge in [0.2, 0.25) is 0 Å². The molecule has 0 saturated carbocycles. The fraction of sp³-hybridized carbons (Fsp3) is 0.857. The molecule has 0 saturated heterocycles. The Hall–Kier alpha value is 0.320. The number of hydrogen-bond acceptors (Lipinski definition) is 6. The number of rotatable bonds is 9. The molecule has 0 aromatic heterocycles. The summed E-state index contributed by atoms with van der Waals surface area (Å²) in [6, 6.07) is 0. The van der Waals surface area contributed by atoms with Crippen LogP contribution in [0.1, 0.15) is 12.8 Å². The summed E-state index contributed by atoms with van der Waals surface area (Å²) in [5, 5.41) is 0. The van der Waals surface area contributed by atoms with Crippen molar-refractivity contribution >= 4 is 57.1 Å². The summed E-state index contributed by atoms with van der Waals surface area (Å²) >= 11 is 4.30. The average molecular weight is 544 g/mol. The molecule has 0 rings (SSSR count). The van der Waals surface area contributed by atoms with E-state index >= 15 is 0 Å². The molecule has 0 bridgehead atoms. The van der Waals surface area contributed by atoms with Gasteiger partial charge in [-0.15, -0.1) is 0 Å². The van der Waals surface area contributed by atoms with Crippen LogP contribution in [-0.4, -0.2) is 86.1 Å². The molecular weight excluding hydrogens is 514 g/mol. The molecule has 0 aliphatic heterocycles. The third-order valence-corrected chi connectivity index (χ3v) is 2.14. The Kier molecular flexibility index (Phi) is 26.3. The highest BCUT2D eigenvalue weighted by molar-refractivity contribution is 14.1. The molecule has 0 aliphatic rings. The van der Waals surface area contributed by atoms with E-state index in [0.717, 1.165) is 0 Å². The van der Waals surface area contributed by atoms with E-state index < -0.39 is 0 Å². The highest BCUT2D eigenvalue weighted by Crippen LogP contribution is 1.96. The Bertz CT molecular complexity index is 239. The normalized spacial score (nSPS) is 9.36. The molecule has 0 aromatic rings. The second kappa shape index (κ2) is 21.3. The van der Waals surface area contributed by atoms with Crippen LogP contribution in [-0.2, 0) is 19.1 Å². The van der Waals surface area contributed by atoms with Crippen molar-refractivity contribution in [2.45, 2.75) is 12.8 Å². The number of ether oxygens (including phenoxy) is 2. The van der Waals surface area contributed by atoms with Crippen LogP contribution in [0.5, 0.6) is 0 Å². The Morgan fingerprint density at radius 1 is 0.727 bits per heavy atom. The number of hydrogen-bond donors (Lipinski definition) is 0. The maximum absolute atomic E-state index is 11.3. The molecular formula is C14H30I2N2O4. The summed E-state index contributed by atoms with van der Waals surface area (Å²) in [6.07, 6.45) is 0.155. The molecule has 0 aromatic carbocycles. The maximum Gasteiger partial charge on any atom is 0.306 e. The highest BCUT2D eigenvalue weighted by Gasteiger charge is 2.09. The van der Waals surface area contributed by atoms with E-state index in [1.165, 1.54) is 0 Å². The first-order valence-electron chi connectivity index (χ1n) is 6.78. The van der Waals surface area contributed by atoms with Gasteiger partial charge in [-0.1, -0.05) is 45.2 Å². The summed E-state index contributed by atoms with van der Waals surface area (Å²) in [5.41, 5.74) is 0. The number of nitrogens with zero attached hydrogens (tertiary/aromatic N) is 2. The number of carbonyl (C=O) groups excluding carboxylic acids is 2. The molecule has 0 N–H and O–H groups in total. The molecule has 0 heterocycles. The van der Waals surface area contributed by atoms with Crippen molar-refractivity contribution in [2.24, 2.45) is 0 Å². The van der Waals surface area contributed by atoms with Crippen LogP contribution in [0.25, 0.3) is 0 Å². The largest absolute Gasteiger partial charge is 0.464 e. The van der Waals surface area contributed by atoms with Gasteiger partial charge in [0, 0.05) is 13.1 Å². The molecule has 6 nitrogen and oxygen atoms in total. The van der Waals surface area contributed by atoms with Gasteiger partial charge in [-0.3, -0.25) is 9.59 Å². The predicted molar refractivity (Wildman–Crippen MR) is 108 cm³/mol. The van der Waals surface area contributed by atoms with Gasteiger partial charge in [-0.05, 0) is 38.1 Å². The zero-order chi connectivity index (χ0) is 18.0. The lowest BCUT2D eigenvalue weighted by Crippen LogP contribution is -2.21. The molecule has 0 aliphatic carbocycles. The highest BCUT2D eigenvalue weighted by atomic mass is 127. The lowest BCUT2D eigenvalue weighted by atomic mass is 10.3. The summed E-state index contributed by atoms with van der Waals surface area (Å²) in [7, 11) is 7.60. The summed E-state index contributed by atoms with van der Waals surface area (Å²) in [6.45, 7) is 2.06. The fourth-order valence-electron chi connectivity index (χ4n) is 1.03. The van der Waals surface area contributed by atoms with Crippen LogP contribution < -0.4 is 0 Å². The number of likely N-dealkylation sites (N-methyl/N-ethyl adjacent to an activating group) is 2. The minimum Gasteiger partial charge on any atom is -0.464 e. The van der Waals surface area contributed by atoms with E-state index in [-0.39, 0.29) is 24.8 Å². The molecule has 0 atom stereocenters. The molecule has 0 amide bonds. The Morgan fingerprint density at radius 2 is 1.00 bits per heavy atom.